The molecule has 28 heavy (non-hydrogen) atoms. The molecule has 0 radical (unpaired) electrons. The van der Waals surface area contributed by atoms with Crippen molar-refractivity contribution in [1.82, 2.24) is 19.8 Å². The molecule has 1 atom stereocenters. The molecule has 8 heteroatoms. The maximum atomic E-state index is 12.2. The number of nitrogens with zero attached hydrogens (tertiary/aromatic N) is 6. The monoisotopic (exact) mass is 384 g/mol. The van der Waals surface area contributed by atoms with Crippen molar-refractivity contribution < 1.29 is 9.53 Å². The van der Waals surface area contributed by atoms with Crippen LogP contribution in [0.4, 0.5) is 5.82 Å². The maximum Gasteiger partial charge on any atom is 0.318 e. The molecule has 2 aliphatic rings. The van der Waals surface area contributed by atoms with Crippen LogP contribution in [0.2, 0.25) is 0 Å². The number of fused-ring (bicyclic) bond motifs is 1. The molecule has 1 saturated heterocycles. The first-order chi connectivity index (χ1) is 13.6. The Bertz CT molecular complexity index is 775. The Balaban J connectivity index is 1.91. The number of amides is 1. The van der Waals surface area contributed by atoms with E-state index in [0.29, 0.717) is 32.3 Å². The first kappa shape index (κ1) is 20.1. The van der Waals surface area contributed by atoms with E-state index in [1.807, 2.05) is 0 Å². The van der Waals surface area contributed by atoms with Crippen LogP contribution in [-0.2, 0) is 17.8 Å². The number of hydrogen-bond acceptors (Lipinski definition) is 7. The summed E-state index contributed by atoms with van der Waals surface area (Å²) in [6, 6.07) is 2.44. The highest BCUT2D eigenvalue weighted by atomic mass is 16.5. The van der Waals surface area contributed by atoms with Crippen LogP contribution < -0.4 is 9.64 Å². The van der Waals surface area contributed by atoms with Gasteiger partial charge in [-0.25, -0.2) is 0 Å². The molecule has 3 heterocycles. The Morgan fingerprint density at radius 3 is 2.93 bits per heavy atom. The fourth-order valence-electron chi connectivity index (χ4n) is 3.77. The molecule has 150 valence electrons. The summed E-state index contributed by atoms with van der Waals surface area (Å²) in [6.07, 6.45) is 3.37. The van der Waals surface area contributed by atoms with Gasteiger partial charge in [-0.05, 0) is 26.0 Å². The fraction of sp³-hybridized carbons (Fsp3) is 0.600. The van der Waals surface area contributed by atoms with E-state index in [1.165, 1.54) is 6.08 Å². The summed E-state index contributed by atoms with van der Waals surface area (Å²) in [5.74, 6) is 0.760. The molecule has 2 aliphatic heterocycles. The largest absolute Gasteiger partial charge is 0.463 e. The smallest absolute Gasteiger partial charge is 0.318 e. The normalized spacial score (nSPS) is 19.7. The number of piperazine rings is 1. The van der Waals surface area contributed by atoms with Gasteiger partial charge in [0.1, 0.15) is 5.82 Å². The number of carbonyl (C=O) groups excluding carboxylic acids is 1. The molecule has 0 saturated carbocycles. The standard InChI is InChI=1S/C20H28N6O2/c1-4-12-28-20-22-17-14-24(3)9-7-16(17)19(23-20)25-10-11-26(18(27)5-2)15(13-25)6-8-21/h5,15H,2,4,6-7,9-14H2,1,3H3. The molecule has 1 aromatic heterocycles. The molecule has 8 nitrogen and oxygen atoms in total. The van der Waals surface area contributed by atoms with E-state index >= 15 is 0 Å². The molecule has 0 aliphatic carbocycles. The average Bonchev–Trinajstić information content (AvgIpc) is 2.71. The summed E-state index contributed by atoms with van der Waals surface area (Å²) in [5, 5.41) is 9.23. The van der Waals surface area contributed by atoms with Crippen molar-refractivity contribution in [2.45, 2.75) is 38.8 Å². The van der Waals surface area contributed by atoms with Crippen molar-refractivity contribution in [3.63, 3.8) is 0 Å². The first-order valence-electron chi connectivity index (χ1n) is 9.83. The predicted molar refractivity (Wildman–Crippen MR) is 106 cm³/mol. The van der Waals surface area contributed by atoms with Crippen LogP contribution >= 0.6 is 0 Å². The van der Waals surface area contributed by atoms with E-state index in [-0.39, 0.29) is 18.4 Å². The van der Waals surface area contributed by atoms with E-state index in [2.05, 4.69) is 41.4 Å². The van der Waals surface area contributed by atoms with Crippen molar-refractivity contribution in [1.29, 1.82) is 5.26 Å². The second kappa shape index (κ2) is 9.02. The van der Waals surface area contributed by atoms with Gasteiger partial charge in [-0.3, -0.25) is 4.79 Å². The topological polar surface area (TPSA) is 85.6 Å². The number of aromatic nitrogens is 2. The molecule has 1 amide bonds. The summed E-state index contributed by atoms with van der Waals surface area (Å²) < 4.78 is 5.74. The second-order valence-corrected chi connectivity index (χ2v) is 7.29. The Hall–Kier alpha value is -2.66. The van der Waals surface area contributed by atoms with Gasteiger partial charge in [-0.2, -0.15) is 15.2 Å². The predicted octanol–water partition coefficient (Wildman–Crippen LogP) is 1.37. The Kier molecular flexibility index (Phi) is 6.47. The van der Waals surface area contributed by atoms with Crippen molar-refractivity contribution in [3.8, 4) is 12.1 Å². The lowest BCUT2D eigenvalue weighted by atomic mass is 10.0. The third-order valence-electron chi connectivity index (χ3n) is 5.22. The number of rotatable bonds is 6. The summed E-state index contributed by atoms with van der Waals surface area (Å²) in [4.78, 5) is 27.7. The quantitative estimate of drug-likeness (QED) is 0.685. The fourth-order valence-corrected chi connectivity index (χ4v) is 3.77. The van der Waals surface area contributed by atoms with Crippen molar-refractivity contribution in [3.05, 3.63) is 23.9 Å². The van der Waals surface area contributed by atoms with Crippen molar-refractivity contribution in [2.24, 2.45) is 0 Å². The SMILES string of the molecule is C=CC(=O)N1CCN(c2nc(OCCC)nc3c2CCN(C)C3)CC1CC#N. The number of nitriles is 1. The van der Waals surface area contributed by atoms with E-state index in [4.69, 9.17) is 9.72 Å². The zero-order valence-corrected chi connectivity index (χ0v) is 16.7. The zero-order valence-electron chi connectivity index (χ0n) is 16.7. The number of ether oxygens (including phenoxy) is 1. The van der Waals surface area contributed by atoms with E-state index in [9.17, 15) is 10.1 Å². The minimum atomic E-state index is -0.180. The third kappa shape index (κ3) is 4.25. The first-order valence-corrected chi connectivity index (χ1v) is 9.83. The van der Waals surface area contributed by atoms with Gasteiger partial charge >= 0.3 is 6.01 Å². The third-order valence-corrected chi connectivity index (χ3v) is 5.22. The molecule has 0 aromatic carbocycles. The second-order valence-electron chi connectivity index (χ2n) is 7.29. The van der Waals surface area contributed by atoms with Crippen LogP contribution in [0.15, 0.2) is 12.7 Å². The van der Waals surface area contributed by atoms with Crippen LogP contribution in [0, 0.1) is 11.3 Å². The van der Waals surface area contributed by atoms with E-state index in [0.717, 1.165) is 43.0 Å². The highest BCUT2D eigenvalue weighted by Gasteiger charge is 2.32. The number of hydrogen-bond donors (Lipinski definition) is 0. The molecule has 0 spiro atoms. The van der Waals surface area contributed by atoms with Gasteiger partial charge in [0.2, 0.25) is 5.91 Å². The van der Waals surface area contributed by atoms with Gasteiger partial charge < -0.3 is 19.4 Å². The molecule has 1 aromatic rings. The Labute approximate surface area is 166 Å². The van der Waals surface area contributed by atoms with Crippen LogP contribution in [0.3, 0.4) is 0 Å². The van der Waals surface area contributed by atoms with E-state index < -0.39 is 0 Å². The molecular weight excluding hydrogens is 356 g/mol. The van der Waals surface area contributed by atoms with Gasteiger partial charge in [0.15, 0.2) is 0 Å². The van der Waals surface area contributed by atoms with Crippen LogP contribution in [0.5, 0.6) is 6.01 Å². The molecule has 1 unspecified atom stereocenters. The van der Waals surface area contributed by atoms with Crippen molar-refractivity contribution >= 4 is 11.7 Å². The number of anilines is 1. The highest BCUT2D eigenvalue weighted by Crippen LogP contribution is 2.30. The number of likely N-dealkylation sites (N-methyl/N-ethyl adjacent to an activating group) is 1. The lowest BCUT2D eigenvalue weighted by molar-refractivity contribution is -0.128. The molecule has 3 rings (SSSR count). The lowest BCUT2D eigenvalue weighted by Crippen LogP contribution is -2.55. The van der Waals surface area contributed by atoms with Crippen LogP contribution in [0.25, 0.3) is 0 Å². The van der Waals surface area contributed by atoms with Gasteiger partial charge in [0, 0.05) is 38.3 Å². The summed E-state index contributed by atoms with van der Waals surface area (Å²) in [7, 11) is 2.08. The minimum absolute atomic E-state index is 0.127. The Morgan fingerprint density at radius 1 is 1.39 bits per heavy atom. The van der Waals surface area contributed by atoms with Crippen molar-refractivity contribution in [2.75, 3.05) is 44.7 Å². The Morgan fingerprint density at radius 2 is 2.21 bits per heavy atom. The number of carbonyl (C=O) groups is 1. The summed E-state index contributed by atoms with van der Waals surface area (Å²) in [5.41, 5.74) is 2.16. The lowest BCUT2D eigenvalue weighted by Gasteiger charge is -2.42. The maximum absolute atomic E-state index is 12.2. The van der Waals surface area contributed by atoms with Gasteiger partial charge in [-0.15, -0.1) is 0 Å². The van der Waals surface area contributed by atoms with Crippen LogP contribution in [-0.4, -0.2) is 71.6 Å². The molecule has 0 N–H and O–H groups in total. The molecule has 1 fully saturated rings. The van der Waals surface area contributed by atoms with E-state index in [1.54, 1.807) is 4.90 Å². The zero-order chi connectivity index (χ0) is 20.1. The summed E-state index contributed by atoms with van der Waals surface area (Å²) in [6.45, 7) is 9.70. The molecule has 0 bridgehead atoms. The summed E-state index contributed by atoms with van der Waals surface area (Å²) >= 11 is 0. The van der Waals surface area contributed by atoms with Crippen LogP contribution in [0.1, 0.15) is 31.0 Å². The van der Waals surface area contributed by atoms with Gasteiger partial charge in [0.25, 0.3) is 0 Å². The van der Waals surface area contributed by atoms with Gasteiger partial charge in [0.05, 0.1) is 30.8 Å². The van der Waals surface area contributed by atoms with Gasteiger partial charge in [-0.1, -0.05) is 13.5 Å². The average molecular weight is 384 g/mol. The minimum Gasteiger partial charge on any atom is -0.463 e. The highest BCUT2D eigenvalue weighted by molar-refractivity contribution is 5.87. The molecular formula is C20H28N6O2.